The highest BCUT2D eigenvalue weighted by atomic mass is 16.6. The lowest BCUT2D eigenvalue weighted by Gasteiger charge is -2.45. The lowest BCUT2D eigenvalue weighted by molar-refractivity contribution is -0.201. The number of aliphatic hydroxyl groups is 2. The summed E-state index contributed by atoms with van der Waals surface area (Å²) in [6.07, 6.45) is 0.0438. The molecule has 2 saturated heterocycles. The van der Waals surface area contributed by atoms with Crippen molar-refractivity contribution in [2.45, 2.75) is 103 Å². The first-order valence-corrected chi connectivity index (χ1v) is 12.2. The molecule has 2 N–H and O–H groups in total. The number of fused-ring (bicyclic) bond motifs is 5. The molecule has 2 fully saturated rings. The van der Waals surface area contributed by atoms with Gasteiger partial charge in [0.25, 0.3) is 0 Å². The summed E-state index contributed by atoms with van der Waals surface area (Å²) in [6.45, 7) is 15.1. The number of hydrogen-bond acceptors (Lipinski definition) is 7. The Hall–Kier alpha value is -1.70. The summed E-state index contributed by atoms with van der Waals surface area (Å²) >= 11 is 0. The highest BCUT2D eigenvalue weighted by Crippen LogP contribution is 2.53. The fraction of sp³-hybridized carbons (Fsp3) is 0.769. The molecule has 2 heterocycles. The summed E-state index contributed by atoms with van der Waals surface area (Å²) in [4.78, 5) is 24.3. The van der Waals surface area contributed by atoms with Crippen LogP contribution < -0.4 is 0 Å². The van der Waals surface area contributed by atoms with Gasteiger partial charge in [0.05, 0.1) is 18.3 Å². The summed E-state index contributed by atoms with van der Waals surface area (Å²) in [6, 6.07) is 0. The number of ether oxygens (including phenoxy) is 3. The average Bonchev–Trinajstić information content (AvgIpc) is 3.12. The van der Waals surface area contributed by atoms with E-state index >= 15 is 0 Å². The van der Waals surface area contributed by atoms with Crippen LogP contribution in [-0.4, -0.2) is 58.3 Å². The lowest BCUT2D eigenvalue weighted by atomic mass is 9.62. The summed E-state index contributed by atoms with van der Waals surface area (Å²) in [5.41, 5.74) is 0.278. The van der Waals surface area contributed by atoms with Crippen LogP contribution in [0.4, 0.5) is 0 Å². The molecule has 0 spiro atoms. The van der Waals surface area contributed by atoms with Crippen LogP contribution in [0.25, 0.3) is 0 Å². The maximum absolute atomic E-state index is 12.9. The molecule has 7 nitrogen and oxygen atoms in total. The molecule has 3 aliphatic rings. The molecule has 0 aromatic heterocycles. The molecule has 0 amide bonds. The molecule has 3 rings (SSSR count). The minimum absolute atomic E-state index is 0.000781. The number of carbonyl (C=O) groups excluding carboxylic acids is 2. The van der Waals surface area contributed by atoms with E-state index in [1.54, 1.807) is 13.8 Å². The number of esters is 2. The minimum atomic E-state index is -1.56. The van der Waals surface area contributed by atoms with Gasteiger partial charge in [-0.1, -0.05) is 39.0 Å². The zero-order valence-corrected chi connectivity index (χ0v) is 20.7. The Kier molecular flexibility index (Phi) is 7.76. The molecule has 186 valence electrons. The fourth-order valence-corrected chi connectivity index (χ4v) is 5.99. The van der Waals surface area contributed by atoms with Gasteiger partial charge in [0.15, 0.2) is 6.10 Å². The topological polar surface area (TPSA) is 102 Å². The standard InChI is InChI=1S/C26H40O7/c1-8-19(31-16(6)27)25(29)33-21-12-18(28)15(5)11-20-22-14(4)9-10-17(13(2)3)23(22)24(32-20)26(21,7)30/h9,13,17-24,28,30H,5,8,10-12H2,1-4,6-7H3. The van der Waals surface area contributed by atoms with Crippen LogP contribution in [0.2, 0.25) is 0 Å². The zero-order valence-electron chi connectivity index (χ0n) is 20.7. The van der Waals surface area contributed by atoms with E-state index in [-0.39, 0.29) is 30.8 Å². The summed E-state index contributed by atoms with van der Waals surface area (Å²) in [5.74, 6) is -0.476. The molecule has 7 heteroatoms. The second-order valence-electron chi connectivity index (χ2n) is 10.6. The SMILES string of the molecule is C=C1CC2OC(C3C(C(C)C)CC=C(C)C23)C(C)(O)C(OC(=O)C(CC)OC(C)=O)CC1O. The van der Waals surface area contributed by atoms with Gasteiger partial charge in [0.1, 0.15) is 11.7 Å². The van der Waals surface area contributed by atoms with Crippen LogP contribution in [-0.2, 0) is 23.8 Å². The van der Waals surface area contributed by atoms with Gasteiger partial charge in [-0.2, -0.15) is 0 Å². The average molecular weight is 465 g/mol. The van der Waals surface area contributed by atoms with E-state index in [2.05, 4.69) is 33.4 Å². The monoisotopic (exact) mass is 464 g/mol. The maximum Gasteiger partial charge on any atom is 0.347 e. The van der Waals surface area contributed by atoms with E-state index in [9.17, 15) is 19.8 Å². The molecular formula is C26H40O7. The van der Waals surface area contributed by atoms with E-state index in [0.717, 1.165) is 6.42 Å². The maximum atomic E-state index is 12.9. The van der Waals surface area contributed by atoms with Crippen molar-refractivity contribution < 1.29 is 34.0 Å². The first-order valence-electron chi connectivity index (χ1n) is 12.2. The largest absolute Gasteiger partial charge is 0.456 e. The zero-order chi connectivity index (χ0) is 24.7. The third kappa shape index (κ3) is 5.05. The predicted molar refractivity (Wildman–Crippen MR) is 123 cm³/mol. The second-order valence-corrected chi connectivity index (χ2v) is 10.6. The van der Waals surface area contributed by atoms with Crippen molar-refractivity contribution in [3.63, 3.8) is 0 Å². The van der Waals surface area contributed by atoms with Gasteiger partial charge in [-0.3, -0.25) is 4.79 Å². The van der Waals surface area contributed by atoms with Gasteiger partial charge in [-0.15, -0.1) is 0 Å². The molecule has 0 radical (unpaired) electrons. The number of allylic oxidation sites excluding steroid dienone is 1. The number of aliphatic hydroxyl groups excluding tert-OH is 1. The van der Waals surface area contributed by atoms with Crippen molar-refractivity contribution >= 4 is 11.9 Å². The van der Waals surface area contributed by atoms with E-state index in [4.69, 9.17) is 14.2 Å². The second kappa shape index (κ2) is 9.88. The van der Waals surface area contributed by atoms with Crippen molar-refractivity contribution in [1.82, 2.24) is 0 Å². The molecule has 2 aliphatic heterocycles. The Morgan fingerprint density at radius 3 is 2.61 bits per heavy atom. The summed E-state index contributed by atoms with van der Waals surface area (Å²) < 4.78 is 17.4. The van der Waals surface area contributed by atoms with E-state index in [0.29, 0.717) is 23.8 Å². The lowest BCUT2D eigenvalue weighted by Crippen LogP contribution is -2.57. The molecule has 1 aliphatic carbocycles. The Morgan fingerprint density at radius 1 is 1.36 bits per heavy atom. The predicted octanol–water partition coefficient (Wildman–Crippen LogP) is 3.32. The molecule has 9 atom stereocenters. The Labute approximate surface area is 197 Å². The Morgan fingerprint density at radius 2 is 2.03 bits per heavy atom. The summed E-state index contributed by atoms with van der Waals surface area (Å²) in [5, 5.41) is 22.7. The normalized spacial score (nSPS) is 39.6. The van der Waals surface area contributed by atoms with Gasteiger partial charge >= 0.3 is 11.9 Å². The van der Waals surface area contributed by atoms with E-state index < -0.39 is 42.0 Å². The Balaban J connectivity index is 1.99. The molecule has 2 bridgehead atoms. The number of carbonyl (C=O) groups is 2. The third-order valence-electron chi connectivity index (χ3n) is 7.87. The van der Waals surface area contributed by atoms with Crippen LogP contribution >= 0.6 is 0 Å². The van der Waals surface area contributed by atoms with Gasteiger partial charge in [0, 0.05) is 25.2 Å². The van der Waals surface area contributed by atoms with Crippen LogP contribution in [0, 0.1) is 23.7 Å². The van der Waals surface area contributed by atoms with Crippen molar-refractivity contribution in [2.75, 3.05) is 0 Å². The third-order valence-corrected chi connectivity index (χ3v) is 7.87. The highest BCUT2D eigenvalue weighted by Gasteiger charge is 2.59. The molecule has 9 unspecified atom stereocenters. The molecule has 33 heavy (non-hydrogen) atoms. The fourth-order valence-electron chi connectivity index (χ4n) is 5.99. The van der Waals surface area contributed by atoms with Crippen molar-refractivity contribution in [1.29, 1.82) is 0 Å². The number of hydrogen-bond donors (Lipinski definition) is 2. The number of rotatable bonds is 5. The minimum Gasteiger partial charge on any atom is -0.456 e. The van der Waals surface area contributed by atoms with Gasteiger partial charge in [0.2, 0.25) is 0 Å². The first kappa shape index (κ1) is 25.9. The van der Waals surface area contributed by atoms with Crippen LogP contribution in [0.5, 0.6) is 0 Å². The summed E-state index contributed by atoms with van der Waals surface area (Å²) in [7, 11) is 0. The highest BCUT2D eigenvalue weighted by molar-refractivity contribution is 5.78. The molecule has 0 aromatic rings. The van der Waals surface area contributed by atoms with E-state index in [1.165, 1.54) is 12.5 Å². The van der Waals surface area contributed by atoms with Crippen LogP contribution in [0.1, 0.15) is 67.2 Å². The van der Waals surface area contributed by atoms with Crippen LogP contribution in [0.3, 0.4) is 0 Å². The van der Waals surface area contributed by atoms with Crippen molar-refractivity contribution in [3.05, 3.63) is 23.8 Å². The van der Waals surface area contributed by atoms with Crippen molar-refractivity contribution in [3.8, 4) is 0 Å². The molecule has 0 saturated carbocycles. The Bertz CT molecular complexity index is 798. The smallest absolute Gasteiger partial charge is 0.347 e. The van der Waals surface area contributed by atoms with Gasteiger partial charge in [-0.05, 0) is 50.5 Å². The molecule has 0 aromatic carbocycles. The van der Waals surface area contributed by atoms with Crippen LogP contribution in [0.15, 0.2) is 23.8 Å². The van der Waals surface area contributed by atoms with Crippen molar-refractivity contribution in [2.24, 2.45) is 23.7 Å². The molecular weight excluding hydrogens is 424 g/mol. The van der Waals surface area contributed by atoms with Gasteiger partial charge < -0.3 is 24.4 Å². The van der Waals surface area contributed by atoms with E-state index in [1.807, 2.05) is 0 Å². The quantitative estimate of drug-likeness (QED) is 0.475. The van der Waals surface area contributed by atoms with Gasteiger partial charge in [-0.25, -0.2) is 4.79 Å². The first-order chi connectivity index (χ1) is 15.4.